The van der Waals surface area contributed by atoms with Gasteiger partial charge in [-0.3, -0.25) is 19.7 Å². The molecule has 0 spiro atoms. The third kappa shape index (κ3) is 4.69. The number of carbonyl (C=O) groups is 2. The molecule has 2 heterocycles. The van der Waals surface area contributed by atoms with Gasteiger partial charge in [0.25, 0.3) is 11.6 Å². The number of rotatable bonds is 6. The molecule has 0 atom stereocenters. The van der Waals surface area contributed by atoms with E-state index in [2.05, 4.69) is 10.3 Å². The number of anilines is 1. The van der Waals surface area contributed by atoms with Gasteiger partial charge in [0.05, 0.1) is 24.0 Å². The number of nitrogens with one attached hydrogen (secondary N) is 1. The second-order valence-electron chi connectivity index (χ2n) is 7.69. The number of benzene rings is 2. The molecule has 1 aromatic heterocycles. The predicted molar refractivity (Wildman–Crippen MR) is 120 cm³/mol. The van der Waals surface area contributed by atoms with Gasteiger partial charge in [0.15, 0.2) is 0 Å². The Morgan fingerprint density at radius 2 is 1.94 bits per heavy atom. The van der Waals surface area contributed by atoms with E-state index < -0.39 is 4.92 Å². The number of para-hydroxylation sites is 2. The first-order chi connectivity index (χ1) is 16.0. The molecular weight excluding hydrogens is 426 g/mol. The van der Waals surface area contributed by atoms with Crippen molar-refractivity contribution >= 4 is 23.2 Å². The molecule has 0 unspecified atom stereocenters. The van der Waals surface area contributed by atoms with Crippen LogP contribution in [-0.4, -0.2) is 51.4 Å². The molecule has 0 aliphatic carbocycles. The maximum absolute atomic E-state index is 13.0. The van der Waals surface area contributed by atoms with Crippen LogP contribution >= 0.6 is 0 Å². The lowest BCUT2D eigenvalue weighted by Gasteiger charge is -2.31. The largest absolute Gasteiger partial charge is 0.495 e. The van der Waals surface area contributed by atoms with E-state index >= 15 is 0 Å². The number of carbonyl (C=O) groups excluding carboxylic acids is 2. The number of methoxy groups -OCH3 is 1. The smallest absolute Gasteiger partial charge is 0.294 e. The van der Waals surface area contributed by atoms with Crippen molar-refractivity contribution in [2.24, 2.45) is 5.92 Å². The SMILES string of the molecule is COc1ccccc1NC(=O)C1CCN(C(=O)c2ccc(-n3ccnc3)c([N+](=O)[O-])c2)CC1. The molecule has 0 radical (unpaired) electrons. The Balaban J connectivity index is 1.41. The number of nitro groups is 1. The number of imidazole rings is 1. The molecule has 1 aliphatic heterocycles. The van der Waals surface area contributed by atoms with E-state index in [4.69, 9.17) is 4.74 Å². The van der Waals surface area contributed by atoms with Gasteiger partial charge in [0.1, 0.15) is 11.4 Å². The number of aromatic nitrogens is 2. The summed E-state index contributed by atoms with van der Waals surface area (Å²) < 4.78 is 6.79. The van der Waals surface area contributed by atoms with E-state index in [1.807, 2.05) is 12.1 Å². The summed E-state index contributed by atoms with van der Waals surface area (Å²) in [6, 6.07) is 11.6. The van der Waals surface area contributed by atoms with Crippen LogP contribution in [0, 0.1) is 16.0 Å². The molecule has 10 nitrogen and oxygen atoms in total. The zero-order valence-electron chi connectivity index (χ0n) is 18.0. The summed E-state index contributed by atoms with van der Waals surface area (Å²) in [5, 5.41) is 14.5. The molecule has 3 aromatic rings. The number of hydrogen-bond acceptors (Lipinski definition) is 6. The first kappa shape index (κ1) is 22.0. The highest BCUT2D eigenvalue weighted by atomic mass is 16.6. The average Bonchev–Trinajstić information content (AvgIpc) is 3.38. The highest BCUT2D eigenvalue weighted by Gasteiger charge is 2.29. The fraction of sp³-hybridized carbons (Fsp3) is 0.261. The number of hydrogen-bond donors (Lipinski definition) is 1. The zero-order valence-corrected chi connectivity index (χ0v) is 18.0. The molecule has 4 rings (SSSR count). The fourth-order valence-corrected chi connectivity index (χ4v) is 3.93. The molecular formula is C23H23N5O5. The summed E-state index contributed by atoms with van der Waals surface area (Å²) in [6.07, 6.45) is 5.59. The lowest BCUT2D eigenvalue weighted by atomic mass is 9.95. The van der Waals surface area contributed by atoms with Crippen molar-refractivity contribution in [1.82, 2.24) is 14.5 Å². The Hall–Kier alpha value is -4.21. The molecule has 1 aliphatic rings. The van der Waals surface area contributed by atoms with E-state index in [1.54, 1.807) is 42.5 Å². The molecule has 1 N–H and O–H groups in total. The number of amides is 2. The Kier molecular flexibility index (Phi) is 6.34. The molecule has 1 fully saturated rings. The van der Waals surface area contributed by atoms with Gasteiger partial charge in [-0.05, 0) is 37.1 Å². The first-order valence-corrected chi connectivity index (χ1v) is 10.5. The van der Waals surface area contributed by atoms with E-state index in [1.165, 1.54) is 23.2 Å². The van der Waals surface area contributed by atoms with Crippen LogP contribution in [0.15, 0.2) is 61.2 Å². The Labute approximate surface area is 189 Å². The highest BCUT2D eigenvalue weighted by molar-refractivity contribution is 5.96. The van der Waals surface area contributed by atoms with Crippen LogP contribution in [0.25, 0.3) is 5.69 Å². The van der Waals surface area contributed by atoms with E-state index in [0.717, 1.165) is 0 Å². The molecule has 0 saturated carbocycles. The number of piperidine rings is 1. The Morgan fingerprint density at radius 1 is 1.18 bits per heavy atom. The van der Waals surface area contributed by atoms with Crippen molar-refractivity contribution in [3.8, 4) is 11.4 Å². The summed E-state index contributed by atoms with van der Waals surface area (Å²) in [7, 11) is 1.54. The van der Waals surface area contributed by atoms with Crippen molar-refractivity contribution in [3.05, 3.63) is 76.9 Å². The fourth-order valence-electron chi connectivity index (χ4n) is 3.93. The van der Waals surface area contributed by atoms with Crippen LogP contribution < -0.4 is 10.1 Å². The molecule has 2 amide bonds. The van der Waals surface area contributed by atoms with Gasteiger partial charge < -0.3 is 19.5 Å². The van der Waals surface area contributed by atoms with Gasteiger partial charge >= 0.3 is 0 Å². The van der Waals surface area contributed by atoms with Gasteiger partial charge in [-0.15, -0.1) is 0 Å². The minimum Gasteiger partial charge on any atom is -0.495 e. The summed E-state index contributed by atoms with van der Waals surface area (Å²) >= 11 is 0. The van der Waals surface area contributed by atoms with Crippen LogP contribution in [0.3, 0.4) is 0 Å². The Bertz CT molecular complexity index is 1170. The molecule has 2 aromatic carbocycles. The second-order valence-corrected chi connectivity index (χ2v) is 7.69. The summed E-state index contributed by atoms with van der Waals surface area (Å²) in [5.74, 6) is -0.0677. The van der Waals surface area contributed by atoms with E-state index in [-0.39, 0.29) is 29.0 Å². The van der Waals surface area contributed by atoms with Crippen molar-refractivity contribution < 1.29 is 19.2 Å². The van der Waals surface area contributed by atoms with Gasteiger partial charge in [-0.25, -0.2) is 4.98 Å². The van der Waals surface area contributed by atoms with Crippen molar-refractivity contribution in [3.63, 3.8) is 0 Å². The highest BCUT2D eigenvalue weighted by Crippen LogP contribution is 2.28. The van der Waals surface area contributed by atoms with Crippen molar-refractivity contribution in [2.75, 3.05) is 25.5 Å². The lowest BCUT2D eigenvalue weighted by Crippen LogP contribution is -2.41. The standard InChI is InChI=1S/C23H23N5O5/c1-33-21-5-3-2-4-18(21)25-22(29)16-8-11-26(12-9-16)23(30)17-6-7-19(20(14-17)28(31)32)27-13-10-24-15-27/h2-7,10,13-16H,8-9,11-12H2,1H3,(H,25,29). The minimum atomic E-state index is -0.513. The third-order valence-corrected chi connectivity index (χ3v) is 5.72. The van der Waals surface area contributed by atoms with Gasteiger partial charge in [-0.1, -0.05) is 12.1 Å². The number of nitrogens with zero attached hydrogens (tertiary/aromatic N) is 4. The van der Waals surface area contributed by atoms with Crippen molar-refractivity contribution in [1.29, 1.82) is 0 Å². The van der Waals surface area contributed by atoms with Crippen LogP contribution in [0.5, 0.6) is 5.75 Å². The normalized spacial score (nSPS) is 14.0. The molecule has 170 valence electrons. The molecule has 10 heteroatoms. The van der Waals surface area contributed by atoms with E-state index in [9.17, 15) is 19.7 Å². The summed E-state index contributed by atoms with van der Waals surface area (Å²) in [6.45, 7) is 0.778. The van der Waals surface area contributed by atoms with Crippen LogP contribution in [0.4, 0.5) is 11.4 Å². The van der Waals surface area contributed by atoms with E-state index in [0.29, 0.717) is 43.1 Å². The van der Waals surface area contributed by atoms with Crippen LogP contribution in [-0.2, 0) is 4.79 Å². The summed E-state index contributed by atoms with van der Waals surface area (Å²) in [4.78, 5) is 42.3. The molecule has 33 heavy (non-hydrogen) atoms. The topological polar surface area (TPSA) is 120 Å². The number of likely N-dealkylation sites (tertiary alicyclic amines) is 1. The maximum atomic E-state index is 13.0. The Morgan fingerprint density at radius 3 is 2.61 bits per heavy atom. The minimum absolute atomic E-state index is 0.119. The molecule has 1 saturated heterocycles. The number of nitro benzene ring substituents is 1. The summed E-state index contributed by atoms with van der Waals surface area (Å²) in [5.41, 5.74) is 1.00. The third-order valence-electron chi connectivity index (χ3n) is 5.72. The maximum Gasteiger partial charge on any atom is 0.294 e. The van der Waals surface area contributed by atoms with Gasteiger partial charge in [-0.2, -0.15) is 0 Å². The molecule has 0 bridgehead atoms. The second kappa shape index (κ2) is 9.51. The predicted octanol–water partition coefficient (Wildman–Crippen LogP) is 3.28. The monoisotopic (exact) mass is 449 g/mol. The lowest BCUT2D eigenvalue weighted by molar-refractivity contribution is -0.384. The van der Waals surface area contributed by atoms with Crippen LogP contribution in [0.1, 0.15) is 23.2 Å². The quantitative estimate of drug-likeness (QED) is 0.456. The van der Waals surface area contributed by atoms with Gasteiger partial charge in [0.2, 0.25) is 5.91 Å². The van der Waals surface area contributed by atoms with Crippen LogP contribution in [0.2, 0.25) is 0 Å². The number of ether oxygens (including phenoxy) is 1. The van der Waals surface area contributed by atoms with Crippen molar-refractivity contribution in [2.45, 2.75) is 12.8 Å². The first-order valence-electron chi connectivity index (χ1n) is 10.5. The van der Waals surface area contributed by atoms with Gasteiger partial charge in [0, 0.05) is 43.0 Å². The zero-order chi connectivity index (χ0) is 23.4. The average molecular weight is 449 g/mol.